The van der Waals surface area contributed by atoms with E-state index in [4.69, 9.17) is 15.4 Å². The van der Waals surface area contributed by atoms with E-state index in [0.717, 1.165) is 10.6 Å². The van der Waals surface area contributed by atoms with Crippen molar-refractivity contribution in [3.8, 4) is 0 Å². The van der Waals surface area contributed by atoms with Gasteiger partial charge >= 0.3 is 0 Å². The number of hydrogen-bond acceptors (Lipinski definition) is 1. The summed E-state index contributed by atoms with van der Waals surface area (Å²) in [6, 6.07) is 3.85. The lowest BCUT2D eigenvalue weighted by Gasteiger charge is -2.12. The molecule has 1 unspecified atom stereocenters. The van der Waals surface area contributed by atoms with E-state index in [1.807, 2.05) is 31.1 Å². The molecule has 0 N–H and O–H groups in total. The van der Waals surface area contributed by atoms with Crippen LogP contribution in [0.25, 0.3) is 0 Å². The normalized spacial score (nSPS) is 11.6. The van der Waals surface area contributed by atoms with Crippen LogP contribution >= 0.6 is 7.41 Å². The summed E-state index contributed by atoms with van der Waals surface area (Å²) in [6.07, 6.45) is 0. The highest BCUT2D eigenvalue weighted by molar-refractivity contribution is 7.82. The van der Waals surface area contributed by atoms with Crippen LogP contribution in [0.5, 0.6) is 0 Å². The minimum atomic E-state index is -0.703. The lowest BCUT2D eigenvalue weighted by atomic mass is 10.1. The van der Waals surface area contributed by atoms with Gasteiger partial charge in [0.25, 0.3) is 0 Å². The molecule has 48 valence electrons. The Morgan fingerprint density at radius 1 is 1.40 bits per heavy atom. The Labute approximate surface area is 65.3 Å². The van der Waals surface area contributed by atoms with E-state index in [1.54, 1.807) is 0 Å². The van der Waals surface area contributed by atoms with Crippen molar-refractivity contribution in [2.75, 3.05) is 19.0 Å². The zero-order valence-electron chi connectivity index (χ0n) is 6.20. The highest BCUT2D eigenvalue weighted by Gasteiger charge is 2.00. The Morgan fingerprint density at radius 3 is 2.20 bits per heavy atom. The van der Waals surface area contributed by atoms with E-state index in [-0.39, 0.29) is 0 Å². The van der Waals surface area contributed by atoms with Gasteiger partial charge in [-0.05, 0) is 6.07 Å². The molecule has 0 spiro atoms. The third-order valence-electron chi connectivity index (χ3n) is 1.39. The predicted octanol–water partition coefficient (Wildman–Crippen LogP) is 0.465. The molecule has 0 fully saturated rings. The molecule has 1 nitrogen and oxygen atoms in total. The molecular weight excluding hydrogens is 139 g/mol. The standard InChI is InChI=1S/C6H8B2NP/c1-9(2)6-4-3-5(7)10(6)8/h3-4H,1-2H3. The summed E-state index contributed by atoms with van der Waals surface area (Å²) in [5.41, 5.74) is 1.13. The van der Waals surface area contributed by atoms with E-state index >= 15 is 0 Å². The van der Waals surface area contributed by atoms with Crippen LogP contribution in [0.15, 0.2) is 12.1 Å². The van der Waals surface area contributed by atoms with Crippen molar-refractivity contribution in [3.63, 3.8) is 0 Å². The number of hydrogen-bond donors (Lipinski definition) is 0. The quantitative estimate of drug-likeness (QED) is 0.521. The fourth-order valence-corrected chi connectivity index (χ4v) is 1.98. The largest absolute Gasteiger partial charge is 0.375 e. The van der Waals surface area contributed by atoms with Crippen LogP contribution < -0.4 is 10.1 Å². The van der Waals surface area contributed by atoms with Gasteiger partial charge in [0.05, 0.1) is 0 Å². The zero-order chi connectivity index (χ0) is 7.72. The first-order chi connectivity index (χ1) is 4.63. The van der Waals surface area contributed by atoms with Crippen molar-refractivity contribution in [3.05, 3.63) is 12.1 Å². The third-order valence-corrected chi connectivity index (χ3v) is 3.13. The number of anilines is 1. The minimum absolute atomic E-state index is 0.703. The topological polar surface area (TPSA) is 3.24 Å². The van der Waals surface area contributed by atoms with Crippen molar-refractivity contribution < 1.29 is 0 Å². The molecule has 0 aliphatic heterocycles. The fraction of sp³-hybridized carbons (Fsp3) is 0.333. The second kappa shape index (κ2) is 2.75. The molecular formula is C6H8B2NP. The Hall–Kier alpha value is -0.290. The summed E-state index contributed by atoms with van der Waals surface area (Å²) in [7, 11) is 14.6. The van der Waals surface area contributed by atoms with Crippen molar-refractivity contribution in [2.24, 2.45) is 0 Å². The van der Waals surface area contributed by atoms with E-state index < -0.39 is 7.41 Å². The van der Waals surface area contributed by atoms with Gasteiger partial charge in [-0.1, -0.05) is 11.3 Å². The molecule has 1 atom stereocenters. The van der Waals surface area contributed by atoms with E-state index in [0.29, 0.717) is 0 Å². The molecule has 1 rings (SSSR count). The summed E-state index contributed by atoms with van der Waals surface area (Å²) in [4.78, 5) is 2.00. The average Bonchev–Trinajstić information content (AvgIpc) is 2.14. The summed E-state index contributed by atoms with van der Waals surface area (Å²) in [6.45, 7) is 0. The number of nitrogens with zero attached hydrogens (tertiary/aromatic N) is 1. The Morgan fingerprint density at radius 2 is 2.00 bits per heavy atom. The van der Waals surface area contributed by atoms with Gasteiger partial charge in [0, 0.05) is 19.5 Å². The lowest BCUT2D eigenvalue weighted by molar-refractivity contribution is 1.16. The maximum absolute atomic E-state index is 5.78. The zero-order valence-corrected chi connectivity index (χ0v) is 7.10. The smallest absolute Gasteiger partial charge is 0.148 e. The van der Waals surface area contributed by atoms with Crippen LogP contribution in [0.4, 0.5) is 5.42 Å². The highest BCUT2D eigenvalue weighted by atomic mass is 31.1. The fourth-order valence-electron chi connectivity index (χ4n) is 0.817. The van der Waals surface area contributed by atoms with Crippen molar-refractivity contribution in [1.29, 1.82) is 0 Å². The molecule has 1 aromatic rings. The first-order valence-corrected chi connectivity index (χ1v) is 4.43. The van der Waals surface area contributed by atoms with Crippen LogP contribution in [0.3, 0.4) is 0 Å². The summed E-state index contributed by atoms with van der Waals surface area (Å²) < 4.78 is 0. The van der Waals surface area contributed by atoms with Crippen molar-refractivity contribution in [1.82, 2.24) is 0 Å². The van der Waals surface area contributed by atoms with Gasteiger partial charge in [-0.3, -0.25) is 0 Å². The maximum atomic E-state index is 5.78. The van der Waals surface area contributed by atoms with E-state index in [2.05, 4.69) is 0 Å². The van der Waals surface area contributed by atoms with Gasteiger partial charge in [-0.25, -0.2) is 0 Å². The molecule has 4 radical (unpaired) electrons. The Bertz CT molecular complexity index is 232. The summed E-state index contributed by atoms with van der Waals surface area (Å²) in [5, 5.41) is 0.804. The molecule has 0 saturated heterocycles. The van der Waals surface area contributed by atoms with Crippen LogP contribution in [0, 0.1) is 0 Å². The maximum Gasteiger partial charge on any atom is 0.148 e. The van der Waals surface area contributed by atoms with E-state index in [1.165, 1.54) is 0 Å². The molecule has 0 saturated carbocycles. The monoisotopic (exact) mass is 147 g/mol. The Balaban J connectivity index is 3.05. The van der Waals surface area contributed by atoms with Crippen molar-refractivity contribution >= 4 is 33.4 Å². The third kappa shape index (κ3) is 1.24. The van der Waals surface area contributed by atoms with Crippen LogP contribution in [0.1, 0.15) is 0 Å². The molecule has 0 bridgehead atoms. The second-order valence-electron chi connectivity index (χ2n) is 2.38. The SMILES string of the molecule is [B]c1ccc(N(C)C)p1[B]. The molecule has 1 aromatic heterocycles. The first kappa shape index (κ1) is 7.81. The molecule has 1 heterocycles. The van der Waals surface area contributed by atoms with Crippen LogP contribution in [-0.4, -0.2) is 29.5 Å². The van der Waals surface area contributed by atoms with Gasteiger partial charge in [0.1, 0.15) is 15.4 Å². The number of rotatable bonds is 1. The Kier molecular flexibility index (Phi) is 2.15. The van der Waals surface area contributed by atoms with Crippen LogP contribution in [0.2, 0.25) is 0 Å². The molecule has 0 amide bonds. The second-order valence-corrected chi connectivity index (χ2v) is 4.10. The highest BCUT2D eigenvalue weighted by Crippen LogP contribution is 2.32. The predicted molar refractivity (Wildman–Crippen MR) is 50.0 cm³/mol. The average molecular weight is 147 g/mol. The van der Waals surface area contributed by atoms with Gasteiger partial charge in [0.15, 0.2) is 0 Å². The molecule has 4 heteroatoms. The van der Waals surface area contributed by atoms with Gasteiger partial charge in [0.2, 0.25) is 0 Å². The molecule has 0 aliphatic carbocycles. The van der Waals surface area contributed by atoms with Gasteiger partial charge in [-0.15, -0.1) is 0 Å². The summed E-state index contributed by atoms with van der Waals surface area (Å²) >= 11 is 0. The first-order valence-electron chi connectivity index (χ1n) is 3.02. The van der Waals surface area contributed by atoms with Gasteiger partial charge in [-0.2, -0.15) is 7.41 Å². The summed E-state index contributed by atoms with van der Waals surface area (Å²) in [5.74, 6) is 0. The van der Waals surface area contributed by atoms with E-state index in [9.17, 15) is 0 Å². The van der Waals surface area contributed by atoms with Crippen LogP contribution in [-0.2, 0) is 0 Å². The van der Waals surface area contributed by atoms with Crippen molar-refractivity contribution in [2.45, 2.75) is 0 Å². The van der Waals surface area contributed by atoms with Gasteiger partial charge < -0.3 is 4.90 Å². The molecule has 0 aliphatic rings. The lowest BCUT2D eigenvalue weighted by Crippen LogP contribution is -2.07. The molecule has 10 heavy (non-hydrogen) atoms. The molecule has 0 aromatic carbocycles. The minimum Gasteiger partial charge on any atom is -0.375 e.